The van der Waals surface area contributed by atoms with E-state index in [4.69, 9.17) is 11.6 Å². The first kappa shape index (κ1) is 10.1. The third kappa shape index (κ3) is 1.85. The Morgan fingerprint density at radius 2 is 2.15 bits per heavy atom. The van der Waals surface area contributed by atoms with Gasteiger partial charge in [0.2, 0.25) is 0 Å². The minimum absolute atomic E-state index is 0.429. The van der Waals surface area contributed by atoms with E-state index < -0.39 is 34.8 Å². The van der Waals surface area contributed by atoms with Gasteiger partial charge >= 0.3 is 0 Å². The van der Waals surface area contributed by atoms with Gasteiger partial charge in [0.25, 0.3) is 6.43 Å². The van der Waals surface area contributed by atoms with Crippen LogP contribution in [0.5, 0.6) is 0 Å². The summed E-state index contributed by atoms with van der Waals surface area (Å²) in [5, 5.41) is 0. The van der Waals surface area contributed by atoms with Crippen LogP contribution in [-0.2, 0) is 5.88 Å². The Kier molecular flexibility index (Phi) is 2.98. The third-order valence-electron chi connectivity index (χ3n) is 1.52. The molecule has 0 fully saturated rings. The van der Waals surface area contributed by atoms with Gasteiger partial charge in [0.1, 0.15) is 0 Å². The van der Waals surface area contributed by atoms with Crippen molar-refractivity contribution >= 4 is 11.6 Å². The van der Waals surface area contributed by atoms with Crippen LogP contribution in [0.25, 0.3) is 0 Å². The first-order valence-corrected chi connectivity index (χ1v) is 3.85. The second-order valence-electron chi connectivity index (χ2n) is 2.30. The maximum atomic E-state index is 12.7. The van der Waals surface area contributed by atoms with Crippen LogP contribution in [0, 0.1) is 5.95 Å². The summed E-state index contributed by atoms with van der Waals surface area (Å²) >= 11 is 5.21. The summed E-state index contributed by atoms with van der Waals surface area (Å²) in [7, 11) is 0. The number of nitrogens with one attached hydrogen (secondary N) is 1. The van der Waals surface area contributed by atoms with E-state index in [1.807, 2.05) is 4.98 Å². The average molecular weight is 212 g/mol. The minimum Gasteiger partial charge on any atom is -0.338 e. The Morgan fingerprint density at radius 1 is 1.54 bits per heavy atom. The lowest BCUT2D eigenvalue weighted by molar-refractivity contribution is 0.149. The van der Waals surface area contributed by atoms with Gasteiger partial charge in [0.15, 0.2) is 11.4 Å². The fourth-order valence-corrected chi connectivity index (χ4v) is 1.09. The summed E-state index contributed by atoms with van der Waals surface area (Å²) < 4.78 is 36.9. The monoisotopic (exact) mass is 211 g/mol. The van der Waals surface area contributed by atoms with E-state index in [0.29, 0.717) is 6.20 Å². The third-order valence-corrected chi connectivity index (χ3v) is 1.79. The van der Waals surface area contributed by atoms with Crippen LogP contribution in [0.3, 0.4) is 0 Å². The smallest absolute Gasteiger partial charge is 0.269 e. The van der Waals surface area contributed by atoms with E-state index in [0.717, 1.165) is 0 Å². The number of alkyl halides is 3. The van der Waals surface area contributed by atoms with Crippen molar-refractivity contribution in [3.8, 4) is 0 Å². The van der Waals surface area contributed by atoms with Gasteiger partial charge in [-0.1, -0.05) is 0 Å². The first-order valence-electron chi connectivity index (χ1n) is 3.32. The highest BCUT2D eigenvalue weighted by molar-refractivity contribution is 6.17. The lowest BCUT2D eigenvalue weighted by Gasteiger charge is -2.01. The summed E-state index contributed by atoms with van der Waals surface area (Å²) in [6.07, 6.45) is -2.27. The molecule has 72 valence electrons. The van der Waals surface area contributed by atoms with Crippen LogP contribution in [0.4, 0.5) is 13.2 Å². The number of rotatable bonds is 2. The van der Waals surface area contributed by atoms with Crippen molar-refractivity contribution in [3.05, 3.63) is 33.5 Å². The van der Waals surface area contributed by atoms with Crippen LogP contribution < -0.4 is 5.43 Å². The van der Waals surface area contributed by atoms with E-state index in [-0.39, 0.29) is 0 Å². The Balaban J connectivity index is 3.37. The first-order chi connectivity index (χ1) is 6.07. The largest absolute Gasteiger partial charge is 0.338 e. The van der Waals surface area contributed by atoms with Crippen molar-refractivity contribution in [3.63, 3.8) is 0 Å². The lowest BCUT2D eigenvalue weighted by Crippen LogP contribution is -2.17. The summed E-state index contributed by atoms with van der Waals surface area (Å²) in [5.41, 5.74) is -2.27. The van der Waals surface area contributed by atoms with Gasteiger partial charge in [-0.25, -0.2) is 8.78 Å². The van der Waals surface area contributed by atoms with Crippen molar-refractivity contribution in [1.29, 1.82) is 0 Å². The molecule has 1 N–H and O–H groups in total. The predicted molar refractivity (Wildman–Crippen MR) is 41.5 cm³/mol. The highest BCUT2D eigenvalue weighted by Gasteiger charge is 2.16. The molecular weight excluding hydrogens is 207 g/mol. The molecule has 1 heterocycles. The lowest BCUT2D eigenvalue weighted by atomic mass is 10.2. The summed E-state index contributed by atoms with van der Waals surface area (Å²) in [5.74, 6) is -1.40. The van der Waals surface area contributed by atoms with Crippen LogP contribution in [0.2, 0.25) is 0 Å². The van der Waals surface area contributed by atoms with Gasteiger partial charge in [0, 0.05) is 6.20 Å². The van der Waals surface area contributed by atoms with Gasteiger partial charge in [-0.2, -0.15) is 4.39 Å². The molecule has 0 unspecified atom stereocenters. The molecular formula is C7H5ClF3NO. The van der Waals surface area contributed by atoms with Gasteiger partial charge in [0.05, 0.1) is 17.0 Å². The highest BCUT2D eigenvalue weighted by atomic mass is 35.5. The van der Waals surface area contributed by atoms with Gasteiger partial charge in [-0.05, 0) is 0 Å². The number of aromatic nitrogens is 1. The van der Waals surface area contributed by atoms with Crippen molar-refractivity contribution < 1.29 is 13.2 Å². The summed E-state index contributed by atoms with van der Waals surface area (Å²) in [4.78, 5) is 12.9. The van der Waals surface area contributed by atoms with Crippen molar-refractivity contribution in [1.82, 2.24) is 4.98 Å². The molecule has 0 atom stereocenters. The number of hydrogen-bond acceptors (Lipinski definition) is 1. The molecule has 2 nitrogen and oxygen atoms in total. The summed E-state index contributed by atoms with van der Waals surface area (Å²) in [6, 6.07) is 0. The molecule has 0 spiro atoms. The maximum Gasteiger partial charge on any atom is 0.269 e. The number of aromatic amines is 1. The van der Waals surface area contributed by atoms with Crippen molar-refractivity contribution in [2.24, 2.45) is 0 Å². The quantitative estimate of drug-likeness (QED) is 0.590. The summed E-state index contributed by atoms with van der Waals surface area (Å²) in [6.45, 7) is 0. The number of halogens is 4. The number of pyridine rings is 1. The Morgan fingerprint density at radius 3 is 2.62 bits per heavy atom. The molecule has 0 aliphatic heterocycles. The standard InChI is InChI=1S/C7H5ClF3NO/c8-1-3-5(13)4(6(9)10)2-12-7(3)11/h2,6H,1H2,(H,12,13). The van der Waals surface area contributed by atoms with Crippen molar-refractivity contribution in [2.75, 3.05) is 0 Å². The zero-order chi connectivity index (χ0) is 10.0. The molecule has 0 radical (unpaired) electrons. The van der Waals surface area contributed by atoms with E-state index >= 15 is 0 Å². The zero-order valence-corrected chi connectivity index (χ0v) is 7.04. The SMILES string of the molecule is O=c1c(C(F)F)c[nH]c(F)c1CCl. The molecule has 0 saturated heterocycles. The molecule has 6 heteroatoms. The molecule has 1 rings (SSSR count). The number of hydrogen-bond donors (Lipinski definition) is 1. The number of H-pyrrole nitrogens is 1. The van der Waals surface area contributed by atoms with Gasteiger partial charge in [-0.15, -0.1) is 11.6 Å². The fraction of sp³-hybridized carbons (Fsp3) is 0.286. The molecule has 0 aliphatic carbocycles. The van der Waals surface area contributed by atoms with E-state index in [9.17, 15) is 18.0 Å². The predicted octanol–water partition coefficient (Wildman–Crippen LogP) is 2.19. The molecule has 0 aromatic carbocycles. The van der Waals surface area contributed by atoms with Crippen molar-refractivity contribution in [2.45, 2.75) is 12.3 Å². The fourth-order valence-electron chi connectivity index (χ4n) is 0.849. The Hall–Kier alpha value is -0.970. The topological polar surface area (TPSA) is 32.9 Å². The molecule has 0 aliphatic rings. The van der Waals surface area contributed by atoms with Crippen LogP contribution in [0.1, 0.15) is 17.6 Å². The van der Waals surface area contributed by atoms with Crippen LogP contribution in [-0.4, -0.2) is 4.98 Å². The highest BCUT2D eigenvalue weighted by Crippen LogP contribution is 2.15. The maximum absolute atomic E-state index is 12.7. The van der Waals surface area contributed by atoms with Crippen LogP contribution >= 0.6 is 11.6 Å². The molecule has 0 amide bonds. The van der Waals surface area contributed by atoms with E-state index in [1.54, 1.807) is 0 Å². The van der Waals surface area contributed by atoms with E-state index in [1.165, 1.54) is 0 Å². The molecule has 13 heavy (non-hydrogen) atoms. The minimum atomic E-state index is -2.92. The van der Waals surface area contributed by atoms with Crippen LogP contribution in [0.15, 0.2) is 11.0 Å². The normalized spacial score (nSPS) is 10.8. The molecule has 1 aromatic rings. The Labute approximate surface area is 76.3 Å². The molecule has 1 aromatic heterocycles. The molecule has 0 bridgehead atoms. The molecule has 0 saturated carbocycles. The second kappa shape index (κ2) is 3.83. The van der Waals surface area contributed by atoms with Gasteiger partial charge < -0.3 is 4.98 Å². The zero-order valence-electron chi connectivity index (χ0n) is 6.28. The Bertz CT molecular complexity index is 363. The average Bonchev–Trinajstić information content (AvgIpc) is 2.04. The second-order valence-corrected chi connectivity index (χ2v) is 2.57. The van der Waals surface area contributed by atoms with E-state index in [2.05, 4.69) is 0 Å². The van der Waals surface area contributed by atoms with Gasteiger partial charge in [-0.3, -0.25) is 4.79 Å².